The van der Waals surface area contributed by atoms with Crippen LogP contribution in [0.25, 0.3) is 11.8 Å². The molecule has 1 aromatic carbocycles. The first kappa shape index (κ1) is 17.8. The highest BCUT2D eigenvalue weighted by Gasteiger charge is 2.10. The molecule has 0 saturated heterocycles. The normalized spacial score (nSPS) is 13.0. The Balaban J connectivity index is 2.29. The Morgan fingerprint density at radius 3 is 2.83 bits per heavy atom. The molecule has 0 aliphatic heterocycles. The summed E-state index contributed by atoms with van der Waals surface area (Å²) >= 11 is 12.3. The minimum absolute atomic E-state index is 0.400. The van der Waals surface area contributed by atoms with Crippen molar-refractivity contribution in [2.45, 2.75) is 20.1 Å². The van der Waals surface area contributed by atoms with E-state index in [1.54, 1.807) is 24.5 Å². The van der Waals surface area contributed by atoms with Gasteiger partial charge in [0.15, 0.2) is 6.29 Å². The first-order chi connectivity index (χ1) is 11.1. The summed E-state index contributed by atoms with van der Waals surface area (Å²) in [5.74, 6) is 0. The van der Waals surface area contributed by atoms with Gasteiger partial charge in [0, 0.05) is 29.6 Å². The molecule has 1 aromatic heterocycles. The smallest absolute Gasteiger partial charge is 0.180 e. The van der Waals surface area contributed by atoms with Crippen molar-refractivity contribution in [1.29, 1.82) is 0 Å². The fourth-order valence-corrected chi connectivity index (χ4v) is 2.42. The summed E-state index contributed by atoms with van der Waals surface area (Å²) in [5, 5.41) is 1.09. The van der Waals surface area contributed by atoms with Crippen molar-refractivity contribution in [3.8, 4) is 0 Å². The molecule has 0 aliphatic rings. The van der Waals surface area contributed by atoms with E-state index >= 15 is 0 Å². The number of ether oxygens (including phenoxy) is 1. The van der Waals surface area contributed by atoms with Crippen molar-refractivity contribution in [2.75, 3.05) is 6.61 Å². The minimum Gasteiger partial charge on any atom is -0.351 e. The number of pyridine rings is 1. The Bertz CT molecular complexity index is 663. The van der Waals surface area contributed by atoms with Gasteiger partial charge in [-0.05, 0) is 49.8 Å². The van der Waals surface area contributed by atoms with Crippen LogP contribution in [0.1, 0.15) is 25.0 Å². The molecule has 0 spiro atoms. The summed E-state index contributed by atoms with van der Waals surface area (Å²) in [5.41, 5.74) is 5.27. The third-order valence-electron chi connectivity index (χ3n) is 2.95. The Hall–Kier alpha value is -1.59. The number of hydrogen-bond acceptors (Lipinski definition) is 4. The lowest BCUT2D eigenvalue weighted by atomic mass is 10.1. The van der Waals surface area contributed by atoms with Gasteiger partial charge in [-0.2, -0.15) is 0 Å². The van der Waals surface area contributed by atoms with Crippen LogP contribution in [0.2, 0.25) is 10.0 Å². The Morgan fingerprint density at radius 2 is 2.17 bits per heavy atom. The van der Waals surface area contributed by atoms with Crippen LogP contribution in [0.15, 0.2) is 42.7 Å². The molecular weight excluding hydrogens is 335 g/mol. The number of nitrogens with one attached hydrogen (secondary N) is 1. The molecular formula is C17H18Cl2N2O2. The van der Waals surface area contributed by atoms with E-state index in [-0.39, 0.29) is 0 Å². The molecule has 1 N–H and O–H groups in total. The van der Waals surface area contributed by atoms with E-state index in [0.717, 1.165) is 11.1 Å². The number of rotatable bonds is 7. The highest BCUT2D eigenvalue weighted by atomic mass is 35.5. The van der Waals surface area contributed by atoms with Gasteiger partial charge in [0.1, 0.15) is 0 Å². The maximum atomic E-state index is 6.30. The van der Waals surface area contributed by atoms with Crippen LogP contribution < -0.4 is 5.48 Å². The Labute approximate surface area is 146 Å². The number of aromatic nitrogens is 1. The Kier molecular flexibility index (Phi) is 6.86. The molecule has 23 heavy (non-hydrogen) atoms. The topological polar surface area (TPSA) is 43.4 Å². The van der Waals surface area contributed by atoms with Crippen LogP contribution >= 0.6 is 23.2 Å². The molecule has 0 fully saturated rings. The van der Waals surface area contributed by atoms with Gasteiger partial charge in [-0.3, -0.25) is 10.5 Å². The SMILES string of the molecule is CCOC(C)ONC(=Cc1cccnc1)c1ccc(Cl)cc1Cl. The summed E-state index contributed by atoms with van der Waals surface area (Å²) in [6.45, 7) is 4.27. The second-order valence-electron chi connectivity index (χ2n) is 4.71. The van der Waals surface area contributed by atoms with Gasteiger partial charge < -0.3 is 4.74 Å². The van der Waals surface area contributed by atoms with Crippen LogP contribution in [0.3, 0.4) is 0 Å². The highest BCUT2D eigenvalue weighted by molar-refractivity contribution is 6.35. The van der Waals surface area contributed by atoms with Crippen LogP contribution in [0.4, 0.5) is 0 Å². The number of benzene rings is 1. The van der Waals surface area contributed by atoms with Gasteiger partial charge in [0.05, 0.1) is 10.7 Å². The fourth-order valence-electron chi connectivity index (χ4n) is 1.91. The highest BCUT2D eigenvalue weighted by Crippen LogP contribution is 2.27. The van der Waals surface area contributed by atoms with E-state index in [4.69, 9.17) is 32.8 Å². The molecule has 0 amide bonds. The van der Waals surface area contributed by atoms with Gasteiger partial charge in [-0.15, -0.1) is 0 Å². The fraction of sp³-hybridized carbons (Fsp3) is 0.235. The average molecular weight is 353 g/mol. The van der Waals surface area contributed by atoms with E-state index in [2.05, 4.69) is 10.5 Å². The second-order valence-corrected chi connectivity index (χ2v) is 5.56. The van der Waals surface area contributed by atoms with Crippen LogP contribution in [-0.2, 0) is 9.57 Å². The molecule has 1 unspecified atom stereocenters. The summed E-state index contributed by atoms with van der Waals surface area (Å²) in [6.07, 6.45) is 4.95. The molecule has 0 saturated carbocycles. The van der Waals surface area contributed by atoms with Crippen molar-refractivity contribution < 1.29 is 9.57 Å². The summed E-state index contributed by atoms with van der Waals surface area (Å²) in [4.78, 5) is 9.60. The lowest BCUT2D eigenvalue weighted by Gasteiger charge is -2.17. The molecule has 2 aromatic rings. The molecule has 0 bridgehead atoms. The molecule has 2 rings (SSSR count). The van der Waals surface area contributed by atoms with Gasteiger partial charge in [-0.25, -0.2) is 4.84 Å². The van der Waals surface area contributed by atoms with Crippen molar-refractivity contribution in [2.24, 2.45) is 0 Å². The molecule has 1 atom stereocenters. The summed E-state index contributed by atoms with van der Waals surface area (Å²) in [7, 11) is 0. The molecule has 4 nitrogen and oxygen atoms in total. The second kappa shape index (κ2) is 8.89. The Morgan fingerprint density at radius 1 is 1.35 bits per heavy atom. The van der Waals surface area contributed by atoms with E-state index in [0.29, 0.717) is 22.3 Å². The maximum absolute atomic E-state index is 6.30. The molecule has 0 radical (unpaired) electrons. The molecule has 6 heteroatoms. The van der Waals surface area contributed by atoms with Crippen LogP contribution in [0, 0.1) is 0 Å². The zero-order valence-corrected chi connectivity index (χ0v) is 14.4. The minimum atomic E-state index is -0.400. The first-order valence-corrected chi connectivity index (χ1v) is 7.96. The molecule has 122 valence electrons. The quantitative estimate of drug-likeness (QED) is 0.574. The van der Waals surface area contributed by atoms with Crippen molar-refractivity contribution in [1.82, 2.24) is 10.5 Å². The van der Waals surface area contributed by atoms with Gasteiger partial charge in [-0.1, -0.05) is 29.3 Å². The van der Waals surface area contributed by atoms with Gasteiger partial charge in [0.25, 0.3) is 0 Å². The monoisotopic (exact) mass is 352 g/mol. The van der Waals surface area contributed by atoms with E-state index < -0.39 is 6.29 Å². The average Bonchev–Trinajstić information content (AvgIpc) is 2.53. The van der Waals surface area contributed by atoms with Crippen molar-refractivity contribution in [3.05, 3.63) is 63.9 Å². The van der Waals surface area contributed by atoms with E-state index in [9.17, 15) is 0 Å². The van der Waals surface area contributed by atoms with E-state index in [1.165, 1.54) is 0 Å². The van der Waals surface area contributed by atoms with Crippen molar-refractivity contribution >= 4 is 35.0 Å². The van der Waals surface area contributed by atoms with Gasteiger partial charge in [0.2, 0.25) is 0 Å². The van der Waals surface area contributed by atoms with Crippen LogP contribution in [0.5, 0.6) is 0 Å². The molecule has 1 heterocycles. The maximum Gasteiger partial charge on any atom is 0.180 e. The third kappa shape index (κ3) is 5.52. The zero-order valence-electron chi connectivity index (χ0n) is 12.9. The predicted octanol–water partition coefficient (Wildman–Crippen LogP) is 4.79. The predicted molar refractivity (Wildman–Crippen MR) is 93.9 cm³/mol. The number of halogens is 2. The standard InChI is InChI=1S/C17H18Cl2N2O2/c1-3-22-12(2)23-21-17(9-13-5-4-8-20-11-13)15-7-6-14(18)10-16(15)19/h4-12,21H,3H2,1-2H3. The zero-order chi connectivity index (χ0) is 16.7. The lowest BCUT2D eigenvalue weighted by molar-refractivity contribution is -0.152. The number of hydrogen-bond donors (Lipinski definition) is 1. The van der Waals surface area contributed by atoms with E-state index in [1.807, 2.05) is 38.1 Å². The van der Waals surface area contributed by atoms with Gasteiger partial charge >= 0.3 is 0 Å². The summed E-state index contributed by atoms with van der Waals surface area (Å²) in [6, 6.07) is 9.08. The van der Waals surface area contributed by atoms with Crippen LogP contribution in [-0.4, -0.2) is 17.9 Å². The van der Waals surface area contributed by atoms with Crippen molar-refractivity contribution in [3.63, 3.8) is 0 Å². The third-order valence-corrected chi connectivity index (χ3v) is 3.50. The number of nitrogens with zero attached hydrogens (tertiary/aromatic N) is 1. The summed E-state index contributed by atoms with van der Waals surface area (Å²) < 4.78 is 5.35. The lowest BCUT2D eigenvalue weighted by Crippen LogP contribution is -2.23. The molecule has 0 aliphatic carbocycles. The first-order valence-electron chi connectivity index (χ1n) is 7.20. The number of hydroxylamine groups is 1. The largest absolute Gasteiger partial charge is 0.351 e.